The first kappa shape index (κ1) is 13.3. The van der Waals surface area contributed by atoms with Gasteiger partial charge in [-0.3, -0.25) is 4.90 Å². The van der Waals surface area contributed by atoms with E-state index in [1.165, 1.54) is 17.9 Å². The summed E-state index contributed by atoms with van der Waals surface area (Å²) in [6, 6.07) is 0. The molecule has 0 radical (unpaired) electrons. The van der Waals surface area contributed by atoms with Gasteiger partial charge in [0.2, 0.25) is 0 Å². The third-order valence-corrected chi connectivity index (χ3v) is 6.04. The van der Waals surface area contributed by atoms with E-state index in [1.807, 2.05) is 11.8 Å². The Hall–Kier alpha value is -0.100. The minimum atomic E-state index is 0.155. The molecule has 0 bridgehead atoms. The summed E-state index contributed by atoms with van der Waals surface area (Å²) in [6.07, 6.45) is 1.19. The van der Waals surface area contributed by atoms with Gasteiger partial charge in [-0.15, -0.1) is 11.3 Å². The lowest BCUT2D eigenvalue weighted by Gasteiger charge is -2.40. The predicted octanol–water partition coefficient (Wildman–Crippen LogP) is 2.11. The van der Waals surface area contributed by atoms with Crippen molar-refractivity contribution >= 4 is 23.1 Å². The van der Waals surface area contributed by atoms with E-state index in [1.54, 1.807) is 11.3 Å². The van der Waals surface area contributed by atoms with Crippen molar-refractivity contribution in [3.63, 3.8) is 0 Å². The number of hydrogen-bond donors (Lipinski definition) is 1. The van der Waals surface area contributed by atoms with E-state index in [0.29, 0.717) is 5.25 Å². The van der Waals surface area contributed by atoms with Crippen molar-refractivity contribution in [1.29, 1.82) is 0 Å². The maximum Gasteiger partial charge on any atom is 0.0897 e. The number of rotatable bonds is 4. The second-order valence-electron chi connectivity index (χ2n) is 4.78. The van der Waals surface area contributed by atoms with Gasteiger partial charge < -0.3 is 5.73 Å². The number of thioether (sulfide) groups is 1. The number of nitrogens with zero attached hydrogens (tertiary/aromatic N) is 2. The molecule has 3 nitrogen and oxygen atoms in total. The summed E-state index contributed by atoms with van der Waals surface area (Å²) in [5.74, 6) is 1.22. The molecule has 0 aliphatic carbocycles. The summed E-state index contributed by atoms with van der Waals surface area (Å²) in [4.78, 5) is 6.95. The van der Waals surface area contributed by atoms with Crippen molar-refractivity contribution in [3.8, 4) is 0 Å². The lowest BCUT2D eigenvalue weighted by Crippen LogP contribution is -2.55. The Labute approximate surface area is 112 Å². The Morgan fingerprint density at radius 3 is 2.88 bits per heavy atom. The van der Waals surface area contributed by atoms with Gasteiger partial charge in [0.1, 0.15) is 0 Å². The Morgan fingerprint density at radius 1 is 1.65 bits per heavy atom. The van der Waals surface area contributed by atoms with Crippen LogP contribution >= 0.6 is 23.1 Å². The molecule has 1 aromatic rings. The van der Waals surface area contributed by atoms with Crippen LogP contribution in [0, 0.1) is 6.92 Å². The summed E-state index contributed by atoms with van der Waals surface area (Å²) in [7, 11) is 2.18. The Bertz CT molecular complexity index is 380. The fourth-order valence-corrected chi connectivity index (χ4v) is 4.71. The molecule has 2 unspecified atom stereocenters. The average molecular weight is 271 g/mol. The molecule has 1 saturated heterocycles. The van der Waals surface area contributed by atoms with E-state index >= 15 is 0 Å². The van der Waals surface area contributed by atoms with Crippen LogP contribution in [0.2, 0.25) is 0 Å². The highest BCUT2D eigenvalue weighted by molar-refractivity contribution is 8.00. The van der Waals surface area contributed by atoms with Gasteiger partial charge in [0, 0.05) is 29.3 Å². The highest BCUT2D eigenvalue weighted by atomic mass is 32.2. The van der Waals surface area contributed by atoms with E-state index in [4.69, 9.17) is 5.73 Å². The van der Waals surface area contributed by atoms with Gasteiger partial charge in [-0.1, -0.05) is 6.92 Å². The monoisotopic (exact) mass is 271 g/mol. The van der Waals surface area contributed by atoms with Gasteiger partial charge in [0.15, 0.2) is 0 Å². The van der Waals surface area contributed by atoms with Crippen LogP contribution in [-0.2, 0) is 6.54 Å². The molecule has 0 aromatic carbocycles. The molecule has 5 heteroatoms. The summed E-state index contributed by atoms with van der Waals surface area (Å²) >= 11 is 3.76. The van der Waals surface area contributed by atoms with Crippen LogP contribution < -0.4 is 5.73 Å². The van der Waals surface area contributed by atoms with Crippen LogP contribution in [0.3, 0.4) is 0 Å². The summed E-state index contributed by atoms with van der Waals surface area (Å²) in [5, 5.41) is 3.91. The number of aromatic nitrogens is 1. The van der Waals surface area contributed by atoms with Crippen molar-refractivity contribution in [3.05, 3.63) is 16.1 Å². The molecule has 0 saturated carbocycles. The highest BCUT2D eigenvalue weighted by Gasteiger charge is 2.43. The first-order chi connectivity index (χ1) is 8.08. The molecule has 1 aliphatic rings. The van der Waals surface area contributed by atoms with E-state index in [-0.39, 0.29) is 5.54 Å². The van der Waals surface area contributed by atoms with Crippen LogP contribution in [-0.4, -0.2) is 40.0 Å². The molecule has 1 fully saturated rings. The van der Waals surface area contributed by atoms with E-state index in [9.17, 15) is 0 Å². The molecule has 2 heterocycles. The van der Waals surface area contributed by atoms with Gasteiger partial charge in [-0.2, -0.15) is 11.8 Å². The Balaban J connectivity index is 2.10. The minimum Gasteiger partial charge on any atom is -0.329 e. The van der Waals surface area contributed by atoms with Gasteiger partial charge in [0.25, 0.3) is 0 Å². The van der Waals surface area contributed by atoms with Gasteiger partial charge in [0.05, 0.1) is 10.7 Å². The molecule has 96 valence electrons. The summed E-state index contributed by atoms with van der Waals surface area (Å²) < 4.78 is 0. The molecule has 2 N–H and O–H groups in total. The molecule has 0 spiro atoms. The van der Waals surface area contributed by atoms with E-state index in [2.05, 4.69) is 36.2 Å². The standard InChI is InChI=1S/C12H21N3S2/c1-9-12(8-13,4-5-16-9)15(3)6-11-7-17-10(2)14-11/h7,9H,4-6,8,13H2,1-3H3. The first-order valence-corrected chi connectivity index (χ1v) is 7.95. The van der Waals surface area contributed by atoms with Crippen molar-refractivity contribution in [2.24, 2.45) is 5.73 Å². The molecule has 1 aliphatic heterocycles. The first-order valence-electron chi connectivity index (χ1n) is 6.02. The van der Waals surface area contributed by atoms with Crippen molar-refractivity contribution in [1.82, 2.24) is 9.88 Å². The number of likely N-dealkylation sites (N-methyl/N-ethyl adjacent to an activating group) is 1. The van der Waals surface area contributed by atoms with Gasteiger partial charge >= 0.3 is 0 Å². The zero-order valence-corrected chi connectivity index (χ0v) is 12.4. The van der Waals surface area contributed by atoms with E-state index < -0.39 is 0 Å². The Kier molecular flexibility index (Phi) is 4.13. The van der Waals surface area contributed by atoms with Gasteiger partial charge in [-0.05, 0) is 26.1 Å². The average Bonchev–Trinajstić information content (AvgIpc) is 2.86. The van der Waals surface area contributed by atoms with Crippen LogP contribution in [0.5, 0.6) is 0 Å². The molecule has 1 aromatic heterocycles. The van der Waals surface area contributed by atoms with Crippen LogP contribution in [0.1, 0.15) is 24.0 Å². The zero-order chi connectivity index (χ0) is 12.5. The third kappa shape index (κ3) is 2.52. The number of aryl methyl sites for hydroxylation is 1. The SMILES string of the molecule is Cc1nc(CN(C)C2(CN)CCSC2C)cs1. The summed E-state index contributed by atoms with van der Waals surface area (Å²) in [5.41, 5.74) is 7.37. The minimum absolute atomic E-state index is 0.155. The van der Waals surface area contributed by atoms with Gasteiger partial charge in [-0.25, -0.2) is 4.98 Å². The predicted molar refractivity (Wildman–Crippen MR) is 76.6 cm³/mol. The quantitative estimate of drug-likeness (QED) is 0.911. The lowest BCUT2D eigenvalue weighted by molar-refractivity contribution is 0.120. The molecule has 2 rings (SSSR count). The molecule has 17 heavy (non-hydrogen) atoms. The normalized spacial score (nSPS) is 29.1. The third-order valence-electron chi connectivity index (χ3n) is 3.84. The molecule has 0 amide bonds. The fraction of sp³-hybridized carbons (Fsp3) is 0.750. The molecular formula is C12H21N3S2. The maximum absolute atomic E-state index is 6.05. The van der Waals surface area contributed by atoms with E-state index in [0.717, 1.165) is 18.1 Å². The van der Waals surface area contributed by atoms with Crippen molar-refractivity contribution in [2.45, 2.75) is 37.6 Å². The maximum atomic E-state index is 6.05. The molecular weight excluding hydrogens is 250 g/mol. The van der Waals surface area contributed by atoms with Crippen LogP contribution in [0.15, 0.2) is 5.38 Å². The number of hydrogen-bond acceptors (Lipinski definition) is 5. The molecule has 2 atom stereocenters. The van der Waals surface area contributed by atoms with Crippen molar-refractivity contribution in [2.75, 3.05) is 19.3 Å². The topological polar surface area (TPSA) is 42.2 Å². The van der Waals surface area contributed by atoms with Crippen LogP contribution in [0.4, 0.5) is 0 Å². The second-order valence-corrected chi connectivity index (χ2v) is 7.30. The second kappa shape index (κ2) is 5.26. The zero-order valence-electron chi connectivity index (χ0n) is 10.8. The fourth-order valence-electron chi connectivity index (χ4n) is 2.58. The number of thiazole rings is 1. The smallest absolute Gasteiger partial charge is 0.0897 e. The Morgan fingerprint density at radius 2 is 2.41 bits per heavy atom. The lowest BCUT2D eigenvalue weighted by atomic mass is 9.91. The largest absolute Gasteiger partial charge is 0.329 e. The summed E-state index contributed by atoms with van der Waals surface area (Å²) in [6.45, 7) is 6.00. The highest BCUT2D eigenvalue weighted by Crippen LogP contribution is 2.39. The van der Waals surface area contributed by atoms with Crippen LogP contribution in [0.25, 0.3) is 0 Å². The number of nitrogens with two attached hydrogens (primary N) is 1. The van der Waals surface area contributed by atoms with Crippen molar-refractivity contribution < 1.29 is 0 Å².